The van der Waals surface area contributed by atoms with Gasteiger partial charge in [-0.25, -0.2) is 8.42 Å². The number of hydrogen-bond acceptors (Lipinski definition) is 6. The minimum Gasteiger partial charge on any atom is -0.490 e. The number of ether oxygens (including phenoxy) is 2. The molecule has 8 heteroatoms. The molecule has 0 amide bonds. The number of fused-ring (bicyclic) bond motifs is 3. The van der Waals surface area contributed by atoms with Gasteiger partial charge >= 0.3 is 0 Å². The first-order valence-corrected chi connectivity index (χ1v) is 15.2. The summed E-state index contributed by atoms with van der Waals surface area (Å²) in [5.74, 6) is 2.40. The number of hydrogen-bond donors (Lipinski definition) is 3. The molecule has 0 radical (unpaired) electrons. The van der Waals surface area contributed by atoms with Crippen molar-refractivity contribution >= 4 is 31.6 Å². The Bertz CT molecular complexity index is 1680. The van der Waals surface area contributed by atoms with E-state index in [1.165, 1.54) is 11.8 Å². The largest absolute Gasteiger partial charge is 0.490 e. The molecule has 4 aromatic carbocycles. The third-order valence-corrected chi connectivity index (χ3v) is 7.92. The van der Waals surface area contributed by atoms with E-state index in [2.05, 4.69) is 23.3 Å². The summed E-state index contributed by atoms with van der Waals surface area (Å²) >= 11 is 0. The molecule has 40 heavy (non-hydrogen) atoms. The van der Waals surface area contributed by atoms with Gasteiger partial charge in [0.1, 0.15) is 30.0 Å². The van der Waals surface area contributed by atoms with Gasteiger partial charge in [0.05, 0.1) is 10.4 Å². The average molecular weight is 559 g/mol. The number of sulfone groups is 1. The van der Waals surface area contributed by atoms with Crippen LogP contribution in [0.3, 0.4) is 0 Å². The Morgan fingerprint density at radius 2 is 1.52 bits per heavy atom. The molecule has 2 atom stereocenters. The fraction of sp³-hybridized carbons (Fsp3) is 0.250. The topological polar surface area (TPSA) is 101 Å². The van der Waals surface area contributed by atoms with Crippen LogP contribution in [0.15, 0.2) is 95.9 Å². The maximum absolute atomic E-state index is 11.6. The van der Waals surface area contributed by atoms with Crippen molar-refractivity contribution in [2.45, 2.75) is 24.3 Å². The fourth-order valence-electron chi connectivity index (χ4n) is 4.79. The van der Waals surface area contributed by atoms with E-state index in [-0.39, 0.29) is 11.5 Å². The molecule has 0 spiro atoms. The van der Waals surface area contributed by atoms with E-state index in [0.29, 0.717) is 24.0 Å². The van der Waals surface area contributed by atoms with Crippen LogP contribution in [0.2, 0.25) is 0 Å². The third-order valence-electron chi connectivity index (χ3n) is 6.79. The highest BCUT2D eigenvalue weighted by molar-refractivity contribution is 7.90. The van der Waals surface area contributed by atoms with Crippen molar-refractivity contribution in [1.29, 1.82) is 0 Å². The third kappa shape index (κ3) is 6.83. The summed E-state index contributed by atoms with van der Waals surface area (Å²) in [7, 11) is -3.23. The molecule has 0 aliphatic rings. The van der Waals surface area contributed by atoms with Crippen LogP contribution >= 0.6 is 0 Å². The predicted octanol–water partition coefficient (Wildman–Crippen LogP) is 5.73. The molecule has 3 N–H and O–H groups in total. The Morgan fingerprint density at radius 3 is 2.25 bits per heavy atom. The molecule has 0 bridgehead atoms. The zero-order chi connectivity index (χ0) is 28.1. The number of aliphatic hydroxyl groups excluding tert-OH is 1. The van der Waals surface area contributed by atoms with Gasteiger partial charge in [0.15, 0.2) is 9.84 Å². The number of aromatic amines is 1. The highest BCUT2D eigenvalue weighted by atomic mass is 32.2. The van der Waals surface area contributed by atoms with Gasteiger partial charge in [0, 0.05) is 29.1 Å². The lowest BCUT2D eigenvalue weighted by molar-refractivity contribution is 0.106. The standard InChI is InChI=1S/C32H34N2O5S/c1-22(18-23-10-12-25(13-11-23)39-26-14-16-27(17-15-26)40(2,36)37)19-33-20-24(35)21-38-31-9-5-8-30-32(31)28-6-3-4-7-29(28)34-30/h3-17,22,24,33-35H,18-21H2,1-2H3. The molecule has 2 unspecified atom stereocenters. The highest BCUT2D eigenvalue weighted by Gasteiger charge is 2.12. The van der Waals surface area contributed by atoms with Crippen LogP contribution in [0.5, 0.6) is 17.2 Å². The predicted molar refractivity (Wildman–Crippen MR) is 159 cm³/mol. The second-order valence-corrected chi connectivity index (χ2v) is 12.3. The lowest BCUT2D eigenvalue weighted by Gasteiger charge is -2.17. The summed E-state index contributed by atoms with van der Waals surface area (Å²) in [6.45, 7) is 3.58. The van der Waals surface area contributed by atoms with E-state index in [1.54, 1.807) is 24.3 Å². The van der Waals surface area contributed by atoms with Crippen LogP contribution in [0.25, 0.3) is 21.8 Å². The zero-order valence-corrected chi connectivity index (χ0v) is 23.4. The van der Waals surface area contributed by atoms with E-state index < -0.39 is 15.9 Å². The number of rotatable bonds is 12. The second kappa shape index (κ2) is 12.1. The first-order valence-electron chi connectivity index (χ1n) is 13.3. The van der Waals surface area contributed by atoms with E-state index in [0.717, 1.165) is 40.5 Å². The van der Waals surface area contributed by atoms with Crippen molar-refractivity contribution in [3.05, 3.63) is 96.6 Å². The van der Waals surface area contributed by atoms with Gasteiger partial charge in [0.2, 0.25) is 0 Å². The van der Waals surface area contributed by atoms with E-state index in [1.807, 2.05) is 60.7 Å². The Hall–Kier alpha value is -3.85. The molecule has 0 saturated heterocycles. The van der Waals surface area contributed by atoms with Crippen LogP contribution in [0.4, 0.5) is 0 Å². The maximum Gasteiger partial charge on any atom is 0.175 e. The summed E-state index contributed by atoms with van der Waals surface area (Å²) < 4.78 is 35.1. The quantitative estimate of drug-likeness (QED) is 0.181. The van der Waals surface area contributed by atoms with Crippen molar-refractivity contribution < 1.29 is 23.0 Å². The number of nitrogens with one attached hydrogen (secondary N) is 2. The van der Waals surface area contributed by atoms with Crippen molar-refractivity contribution in [3.63, 3.8) is 0 Å². The fourth-order valence-corrected chi connectivity index (χ4v) is 5.42. The van der Waals surface area contributed by atoms with Crippen LogP contribution < -0.4 is 14.8 Å². The lowest BCUT2D eigenvalue weighted by Crippen LogP contribution is -2.34. The van der Waals surface area contributed by atoms with Gasteiger partial charge in [-0.1, -0.05) is 43.3 Å². The summed E-state index contributed by atoms with van der Waals surface area (Å²) in [5, 5.41) is 16.0. The van der Waals surface area contributed by atoms with Crippen molar-refractivity contribution in [1.82, 2.24) is 10.3 Å². The van der Waals surface area contributed by atoms with Gasteiger partial charge in [-0.15, -0.1) is 0 Å². The zero-order valence-electron chi connectivity index (χ0n) is 22.6. The van der Waals surface area contributed by atoms with Crippen LogP contribution in [0.1, 0.15) is 12.5 Å². The van der Waals surface area contributed by atoms with E-state index in [4.69, 9.17) is 9.47 Å². The van der Waals surface area contributed by atoms with Crippen molar-refractivity contribution in [3.8, 4) is 17.2 Å². The summed E-state index contributed by atoms with van der Waals surface area (Å²) in [6, 6.07) is 28.3. The molecule has 0 saturated carbocycles. The Morgan fingerprint density at radius 1 is 0.850 bits per heavy atom. The SMILES string of the molecule is CC(CNCC(O)COc1cccc2[nH]c3ccccc3c12)Cc1ccc(Oc2ccc(S(C)(=O)=O)cc2)cc1. The van der Waals surface area contributed by atoms with Gasteiger partial charge in [-0.3, -0.25) is 0 Å². The molecular weight excluding hydrogens is 524 g/mol. The molecule has 5 rings (SSSR count). The summed E-state index contributed by atoms with van der Waals surface area (Å²) in [5.41, 5.74) is 3.26. The molecule has 1 heterocycles. The number of para-hydroxylation sites is 1. The number of benzene rings is 4. The average Bonchev–Trinajstić information content (AvgIpc) is 3.32. The number of aliphatic hydroxyl groups is 1. The second-order valence-electron chi connectivity index (χ2n) is 10.3. The monoisotopic (exact) mass is 558 g/mol. The molecule has 0 aliphatic carbocycles. The lowest BCUT2D eigenvalue weighted by atomic mass is 10.0. The number of aromatic nitrogens is 1. The number of H-pyrrole nitrogens is 1. The Labute approximate surface area is 234 Å². The minimum atomic E-state index is -3.23. The van der Waals surface area contributed by atoms with Gasteiger partial charge in [0.25, 0.3) is 0 Å². The van der Waals surface area contributed by atoms with Crippen molar-refractivity contribution in [2.75, 3.05) is 26.0 Å². The molecule has 5 aromatic rings. The normalized spacial score (nSPS) is 13.4. The molecular formula is C32H34N2O5S. The van der Waals surface area contributed by atoms with E-state index >= 15 is 0 Å². The molecule has 1 aromatic heterocycles. The molecule has 0 fully saturated rings. The van der Waals surface area contributed by atoms with Crippen molar-refractivity contribution in [2.24, 2.45) is 5.92 Å². The van der Waals surface area contributed by atoms with Crippen LogP contribution in [-0.4, -0.2) is 50.6 Å². The summed E-state index contributed by atoms with van der Waals surface area (Å²) in [4.78, 5) is 3.68. The molecule has 0 aliphatic heterocycles. The van der Waals surface area contributed by atoms with Gasteiger partial charge in [-0.2, -0.15) is 0 Å². The summed E-state index contributed by atoms with van der Waals surface area (Å²) in [6.07, 6.45) is 1.43. The smallest absolute Gasteiger partial charge is 0.175 e. The van der Waals surface area contributed by atoms with Gasteiger partial charge in [-0.05, 0) is 79.0 Å². The van der Waals surface area contributed by atoms with Crippen LogP contribution in [-0.2, 0) is 16.3 Å². The first kappa shape index (κ1) is 27.7. The highest BCUT2D eigenvalue weighted by Crippen LogP contribution is 2.33. The maximum atomic E-state index is 11.6. The van der Waals surface area contributed by atoms with Crippen LogP contribution in [0, 0.1) is 5.92 Å². The van der Waals surface area contributed by atoms with Gasteiger partial charge < -0.3 is 24.9 Å². The minimum absolute atomic E-state index is 0.207. The Balaban J connectivity index is 1.06. The Kier molecular flexibility index (Phi) is 8.40. The molecule has 208 valence electrons. The first-order chi connectivity index (χ1) is 19.3. The van der Waals surface area contributed by atoms with E-state index in [9.17, 15) is 13.5 Å². The molecule has 7 nitrogen and oxygen atoms in total.